The summed E-state index contributed by atoms with van der Waals surface area (Å²) in [5.41, 5.74) is 5.38. The van der Waals surface area contributed by atoms with Gasteiger partial charge in [0.15, 0.2) is 5.75 Å². The van der Waals surface area contributed by atoms with Gasteiger partial charge >= 0.3 is 5.91 Å². The highest BCUT2D eigenvalue weighted by Crippen LogP contribution is 2.28. The fraction of sp³-hybridized carbons (Fsp3) is 0.250. The molecule has 2 aromatic rings. The van der Waals surface area contributed by atoms with Gasteiger partial charge < -0.3 is 4.74 Å². The van der Waals surface area contributed by atoms with Gasteiger partial charge in [0.05, 0.1) is 13.5 Å². The summed E-state index contributed by atoms with van der Waals surface area (Å²) < 4.78 is 18.6. The van der Waals surface area contributed by atoms with Crippen LogP contribution in [0.3, 0.4) is 0 Å². The molecule has 0 bridgehead atoms. The van der Waals surface area contributed by atoms with E-state index in [1.165, 1.54) is 13.2 Å². The van der Waals surface area contributed by atoms with Crippen LogP contribution in [-0.4, -0.2) is 23.9 Å². The van der Waals surface area contributed by atoms with E-state index in [2.05, 4.69) is 10.4 Å². The number of primary amides is 1. The van der Waals surface area contributed by atoms with Gasteiger partial charge in [-0.15, -0.1) is 0 Å². The quantitative estimate of drug-likeness (QED) is 0.491. The Balaban J connectivity index is 1.67. The van der Waals surface area contributed by atoms with Crippen LogP contribution in [0, 0.1) is 5.92 Å². The van der Waals surface area contributed by atoms with E-state index in [-0.39, 0.29) is 30.0 Å². The molecule has 1 aliphatic rings. The van der Waals surface area contributed by atoms with Crippen LogP contribution >= 0.6 is 0 Å². The largest absolute Gasteiger partial charge is 0.493 e. The Bertz CT molecular complexity index is 953. The molecule has 1 atom stereocenters. The molecule has 0 spiro atoms. The number of nitrogens with zero attached hydrogens (tertiary/aromatic N) is 1. The summed E-state index contributed by atoms with van der Waals surface area (Å²) in [6, 6.07) is 7.11. The maximum Gasteiger partial charge on any atom is 0.370 e. The highest BCUT2D eigenvalue weighted by molar-refractivity contribution is 5.98. The van der Waals surface area contributed by atoms with Crippen LogP contribution in [-0.2, 0) is 4.79 Å². The van der Waals surface area contributed by atoms with Gasteiger partial charge in [0, 0.05) is 18.0 Å². The minimum absolute atomic E-state index is 0.0388. The number of benzene rings is 1. The van der Waals surface area contributed by atoms with Gasteiger partial charge in [-0.2, -0.15) is 10.9 Å². The Morgan fingerprint density at radius 1 is 1.33 bits per heavy atom. The van der Waals surface area contributed by atoms with Crippen molar-refractivity contribution in [2.75, 3.05) is 7.11 Å². The van der Waals surface area contributed by atoms with Crippen LogP contribution in [0.4, 0.5) is 4.39 Å². The monoisotopic (exact) mass is 370 g/mol. The number of aromatic nitrogens is 1. The standard InChI is InChI=1S/C20H20FN3O3/c1-12-10-15(21)7-5-14(12)11-17(25)23-24-20(26)16-8-6-13-4-3-9-22-18(13)19(16)27-2/h3-9,12H,10-11H2,1-2H3,(H,23,25)(H,24,26)/p+1. The zero-order valence-electron chi connectivity index (χ0n) is 15.2. The molecule has 0 aliphatic heterocycles. The van der Waals surface area contributed by atoms with E-state index in [1.54, 1.807) is 30.5 Å². The molecule has 1 aromatic heterocycles. The van der Waals surface area contributed by atoms with Crippen molar-refractivity contribution in [1.29, 1.82) is 0 Å². The molecule has 0 radical (unpaired) electrons. The average molecular weight is 370 g/mol. The molecule has 0 saturated heterocycles. The van der Waals surface area contributed by atoms with Crippen LogP contribution < -0.4 is 15.6 Å². The van der Waals surface area contributed by atoms with Crippen molar-refractivity contribution in [3.05, 3.63) is 59.6 Å². The molecule has 7 heteroatoms. The summed E-state index contributed by atoms with van der Waals surface area (Å²) in [6.07, 6.45) is 5.04. The number of carbonyl (C=O) groups is 2. The van der Waals surface area contributed by atoms with Crippen molar-refractivity contribution in [3.63, 3.8) is 0 Å². The summed E-state index contributed by atoms with van der Waals surface area (Å²) in [7, 11) is 1.47. The predicted molar refractivity (Wildman–Crippen MR) is 98.4 cm³/mol. The number of nitrogens with one attached hydrogen (secondary N) is 1. The highest BCUT2D eigenvalue weighted by atomic mass is 19.1. The number of pyridine rings is 1. The number of fused-ring (bicyclic) bond motifs is 1. The van der Waals surface area contributed by atoms with Crippen molar-refractivity contribution >= 4 is 22.7 Å². The molecular weight excluding hydrogens is 349 g/mol. The van der Waals surface area contributed by atoms with Gasteiger partial charge in [0.2, 0.25) is 0 Å². The number of hydrogen-bond donors (Lipinski definition) is 2. The fourth-order valence-corrected chi connectivity index (χ4v) is 3.07. The van der Waals surface area contributed by atoms with Crippen molar-refractivity contribution in [2.24, 2.45) is 5.92 Å². The number of hydrogen-bond acceptors (Lipinski definition) is 4. The van der Waals surface area contributed by atoms with Crippen LogP contribution in [0.1, 0.15) is 30.1 Å². The topological polar surface area (TPSA) is 84.9 Å². The average Bonchev–Trinajstić information content (AvgIpc) is 2.67. The lowest BCUT2D eigenvalue weighted by Crippen LogP contribution is -2.97. The van der Waals surface area contributed by atoms with Gasteiger partial charge in [-0.3, -0.25) is 9.78 Å². The Kier molecular flexibility index (Phi) is 5.61. The van der Waals surface area contributed by atoms with E-state index in [0.29, 0.717) is 23.3 Å². The van der Waals surface area contributed by atoms with E-state index in [0.717, 1.165) is 16.4 Å². The van der Waals surface area contributed by atoms with Gasteiger partial charge in [-0.25, -0.2) is 9.18 Å². The first-order chi connectivity index (χ1) is 13.0. The van der Waals surface area contributed by atoms with E-state index in [1.807, 2.05) is 13.0 Å². The Labute approximate surface area is 156 Å². The van der Waals surface area contributed by atoms with E-state index >= 15 is 0 Å². The third-order valence-corrected chi connectivity index (χ3v) is 4.54. The maximum absolute atomic E-state index is 13.2. The fourth-order valence-electron chi connectivity index (χ4n) is 3.07. The molecule has 3 N–H and O–H groups in total. The van der Waals surface area contributed by atoms with E-state index in [4.69, 9.17) is 4.74 Å². The Hall–Kier alpha value is -3.06. The SMILES string of the molecule is COc1c(C(=O)[NH2+]NC(=O)CC2=CC=C(F)CC2C)ccc2cccnc12. The first-order valence-corrected chi connectivity index (χ1v) is 8.63. The van der Waals surface area contributed by atoms with Crippen LogP contribution in [0.2, 0.25) is 0 Å². The molecule has 140 valence electrons. The highest BCUT2D eigenvalue weighted by Gasteiger charge is 2.22. The number of nitrogens with two attached hydrogens (primary N) is 1. The van der Waals surface area contributed by atoms with Gasteiger partial charge in [0.1, 0.15) is 16.9 Å². The second-order valence-corrected chi connectivity index (χ2v) is 6.43. The zero-order chi connectivity index (χ0) is 19.4. The van der Waals surface area contributed by atoms with Crippen LogP contribution in [0.5, 0.6) is 5.75 Å². The number of allylic oxidation sites excluding steroid dienone is 3. The summed E-state index contributed by atoms with van der Waals surface area (Å²) in [5, 5.41) is 0.855. The second kappa shape index (κ2) is 8.09. The summed E-state index contributed by atoms with van der Waals surface area (Å²) >= 11 is 0. The number of rotatable bonds is 4. The summed E-state index contributed by atoms with van der Waals surface area (Å²) in [6.45, 7) is 1.87. The molecule has 3 rings (SSSR count). The molecule has 6 nitrogen and oxygen atoms in total. The van der Waals surface area contributed by atoms with Gasteiger partial charge in [-0.05, 0) is 24.1 Å². The predicted octanol–water partition coefficient (Wildman–Crippen LogP) is 2.19. The molecule has 1 unspecified atom stereocenters. The molecule has 2 amide bonds. The Morgan fingerprint density at radius 3 is 2.89 bits per heavy atom. The molecule has 27 heavy (non-hydrogen) atoms. The number of halogens is 1. The minimum Gasteiger partial charge on any atom is -0.493 e. The first-order valence-electron chi connectivity index (χ1n) is 8.63. The Morgan fingerprint density at radius 2 is 2.15 bits per heavy atom. The van der Waals surface area contributed by atoms with Crippen molar-refractivity contribution < 1.29 is 24.1 Å². The smallest absolute Gasteiger partial charge is 0.370 e. The third-order valence-electron chi connectivity index (χ3n) is 4.54. The number of quaternary nitrogens is 1. The normalized spacial score (nSPS) is 16.5. The zero-order valence-corrected chi connectivity index (χ0v) is 15.2. The third kappa shape index (κ3) is 4.20. The van der Waals surface area contributed by atoms with Crippen LogP contribution in [0.15, 0.2) is 54.0 Å². The van der Waals surface area contributed by atoms with Gasteiger partial charge in [-0.1, -0.05) is 30.7 Å². The second-order valence-electron chi connectivity index (χ2n) is 6.43. The first kappa shape index (κ1) is 18.7. The summed E-state index contributed by atoms with van der Waals surface area (Å²) in [4.78, 5) is 28.9. The lowest BCUT2D eigenvalue weighted by Gasteiger charge is -2.17. The number of ether oxygens (including phenoxy) is 1. The number of methoxy groups -OCH3 is 1. The van der Waals surface area contributed by atoms with Crippen molar-refractivity contribution in [2.45, 2.75) is 19.8 Å². The minimum atomic E-state index is -0.385. The number of amides is 2. The lowest BCUT2D eigenvalue weighted by molar-refractivity contribution is -0.603. The maximum atomic E-state index is 13.2. The molecule has 1 aromatic carbocycles. The lowest BCUT2D eigenvalue weighted by atomic mass is 9.90. The molecule has 0 fully saturated rings. The van der Waals surface area contributed by atoms with Gasteiger partial charge in [0.25, 0.3) is 5.91 Å². The number of carbonyl (C=O) groups excluding carboxylic acids is 2. The van der Waals surface area contributed by atoms with E-state index in [9.17, 15) is 14.0 Å². The van der Waals surface area contributed by atoms with Crippen molar-refractivity contribution in [1.82, 2.24) is 10.4 Å². The van der Waals surface area contributed by atoms with Crippen molar-refractivity contribution in [3.8, 4) is 5.75 Å². The molecule has 0 saturated carbocycles. The molecule has 1 heterocycles. The van der Waals surface area contributed by atoms with E-state index < -0.39 is 0 Å². The molecule has 1 aliphatic carbocycles. The van der Waals surface area contributed by atoms with Crippen LogP contribution in [0.25, 0.3) is 10.9 Å². The summed E-state index contributed by atoms with van der Waals surface area (Å²) in [5.74, 6) is -0.569. The molecular formula is C20H21FN3O3+.